The van der Waals surface area contributed by atoms with Crippen molar-refractivity contribution < 1.29 is 14.3 Å². The Morgan fingerprint density at radius 1 is 1.18 bits per heavy atom. The summed E-state index contributed by atoms with van der Waals surface area (Å²) in [6.45, 7) is 5.49. The van der Waals surface area contributed by atoms with Gasteiger partial charge in [0.1, 0.15) is 5.60 Å². The molecule has 0 radical (unpaired) electrons. The molecule has 1 aliphatic carbocycles. The Morgan fingerprint density at radius 2 is 1.82 bits per heavy atom. The van der Waals surface area contributed by atoms with Crippen LogP contribution in [0.15, 0.2) is 18.2 Å². The summed E-state index contributed by atoms with van der Waals surface area (Å²) in [5.74, 6) is -0.0302. The molecule has 2 aromatic rings. The maximum Gasteiger partial charge on any atom is 0.407 e. The lowest BCUT2D eigenvalue weighted by Gasteiger charge is -2.30. The number of nitriles is 1. The highest BCUT2D eigenvalue weighted by molar-refractivity contribution is 5.94. The van der Waals surface area contributed by atoms with Gasteiger partial charge in [-0.25, -0.2) is 9.78 Å². The van der Waals surface area contributed by atoms with E-state index in [1.54, 1.807) is 18.2 Å². The smallest absolute Gasteiger partial charge is 0.407 e. The second kappa shape index (κ2) is 7.89. The first-order valence-electron chi connectivity index (χ1n) is 9.44. The van der Waals surface area contributed by atoms with Gasteiger partial charge >= 0.3 is 6.09 Å². The van der Waals surface area contributed by atoms with Gasteiger partial charge in [-0.1, -0.05) is 0 Å². The van der Waals surface area contributed by atoms with Crippen molar-refractivity contribution in [1.29, 1.82) is 5.26 Å². The summed E-state index contributed by atoms with van der Waals surface area (Å²) in [5.41, 5.74) is 1.30. The van der Waals surface area contributed by atoms with E-state index < -0.39 is 11.7 Å². The molecule has 1 aromatic heterocycles. The van der Waals surface area contributed by atoms with E-state index >= 15 is 0 Å². The van der Waals surface area contributed by atoms with Gasteiger partial charge in [-0.15, -0.1) is 0 Å². The fourth-order valence-corrected chi connectivity index (χ4v) is 3.30. The zero-order valence-corrected chi connectivity index (χ0v) is 16.3. The van der Waals surface area contributed by atoms with E-state index in [4.69, 9.17) is 10.00 Å². The number of rotatable bonds is 3. The second-order valence-corrected chi connectivity index (χ2v) is 8.10. The number of benzene rings is 1. The van der Waals surface area contributed by atoms with Crippen LogP contribution in [-0.4, -0.2) is 39.7 Å². The SMILES string of the molecule is CC(C)(C)OC(=O)NC1CCC(NC(=O)c2nc3ccc(C#N)cc3[nH]2)CC1. The number of hydrogen-bond donors (Lipinski definition) is 3. The van der Waals surface area contributed by atoms with Crippen LogP contribution in [-0.2, 0) is 4.74 Å². The topological polar surface area (TPSA) is 120 Å². The van der Waals surface area contributed by atoms with Gasteiger partial charge in [-0.3, -0.25) is 4.79 Å². The number of nitrogens with one attached hydrogen (secondary N) is 3. The lowest BCUT2D eigenvalue weighted by molar-refractivity contribution is 0.0488. The van der Waals surface area contributed by atoms with Gasteiger partial charge < -0.3 is 20.4 Å². The average molecular weight is 383 g/mol. The number of hydrogen-bond acceptors (Lipinski definition) is 5. The minimum absolute atomic E-state index is 0.0343. The highest BCUT2D eigenvalue weighted by Gasteiger charge is 2.26. The summed E-state index contributed by atoms with van der Waals surface area (Å²) in [6, 6.07) is 7.22. The fraction of sp³-hybridized carbons (Fsp3) is 0.500. The van der Waals surface area contributed by atoms with Crippen molar-refractivity contribution in [3.8, 4) is 6.07 Å². The molecule has 8 heteroatoms. The number of imidazole rings is 1. The Bertz CT molecular complexity index is 914. The zero-order chi connectivity index (χ0) is 20.3. The highest BCUT2D eigenvalue weighted by atomic mass is 16.6. The normalized spacial score (nSPS) is 19.6. The quantitative estimate of drug-likeness (QED) is 0.752. The van der Waals surface area contributed by atoms with E-state index in [2.05, 4.69) is 26.7 Å². The summed E-state index contributed by atoms with van der Waals surface area (Å²) in [7, 11) is 0. The molecule has 1 heterocycles. The van der Waals surface area contributed by atoms with Gasteiger partial charge in [0.05, 0.1) is 22.7 Å². The highest BCUT2D eigenvalue weighted by Crippen LogP contribution is 2.20. The van der Waals surface area contributed by atoms with Gasteiger partial charge in [0, 0.05) is 12.1 Å². The molecule has 0 saturated heterocycles. The Kier molecular flexibility index (Phi) is 5.54. The van der Waals surface area contributed by atoms with Crippen molar-refractivity contribution in [3.63, 3.8) is 0 Å². The number of carbonyl (C=O) groups excluding carboxylic acids is 2. The monoisotopic (exact) mass is 383 g/mol. The van der Waals surface area contributed by atoms with Crippen LogP contribution in [0.2, 0.25) is 0 Å². The van der Waals surface area contributed by atoms with Crippen molar-refractivity contribution in [2.24, 2.45) is 0 Å². The van der Waals surface area contributed by atoms with Crippen molar-refractivity contribution >= 4 is 23.0 Å². The molecule has 3 N–H and O–H groups in total. The van der Waals surface area contributed by atoms with E-state index in [0.29, 0.717) is 16.6 Å². The van der Waals surface area contributed by atoms with Gasteiger partial charge in [0.2, 0.25) is 0 Å². The van der Waals surface area contributed by atoms with Crippen molar-refractivity contribution in [2.45, 2.75) is 64.1 Å². The molecule has 1 saturated carbocycles. The maximum atomic E-state index is 12.5. The van der Waals surface area contributed by atoms with E-state index in [0.717, 1.165) is 25.7 Å². The zero-order valence-electron chi connectivity index (χ0n) is 16.3. The molecule has 0 spiro atoms. The molecule has 8 nitrogen and oxygen atoms in total. The summed E-state index contributed by atoms with van der Waals surface area (Å²) in [6.07, 6.45) is 2.68. The largest absolute Gasteiger partial charge is 0.444 e. The summed E-state index contributed by atoms with van der Waals surface area (Å²) < 4.78 is 5.28. The fourth-order valence-electron chi connectivity index (χ4n) is 3.30. The third kappa shape index (κ3) is 5.00. The number of ether oxygens (including phenoxy) is 1. The Labute approximate surface area is 163 Å². The summed E-state index contributed by atoms with van der Waals surface area (Å²) in [4.78, 5) is 31.6. The number of H-pyrrole nitrogens is 1. The molecule has 148 valence electrons. The standard InChI is InChI=1S/C20H25N5O3/c1-20(2,3)28-19(27)23-14-7-5-13(6-8-14)22-18(26)17-24-15-9-4-12(11-21)10-16(15)25-17/h4,9-10,13-14H,5-8H2,1-3H3,(H,22,26)(H,23,27)(H,24,25). The molecule has 3 rings (SSSR count). The first-order chi connectivity index (χ1) is 13.2. The van der Waals surface area contributed by atoms with E-state index in [9.17, 15) is 9.59 Å². The Morgan fingerprint density at radius 3 is 2.43 bits per heavy atom. The Hall–Kier alpha value is -3.08. The van der Waals surface area contributed by atoms with Crippen molar-refractivity contribution in [3.05, 3.63) is 29.6 Å². The van der Waals surface area contributed by atoms with Gasteiger partial charge in [0.25, 0.3) is 5.91 Å². The Balaban J connectivity index is 1.51. The number of alkyl carbamates (subject to hydrolysis) is 1. The van der Waals surface area contributed by atoms with E-state index in [1.807, 2.05) is 20.8 Å². The summed E-state index contributed by atoms with van der Waals surface area (Å²) >= 11 is 0. The van der Waals surface area contributed by atoms with Crippen LogP contribution < -0.4 is 10.6 Å². The minimum atomic E-state index is -0.518. The first kappa shape index (κ1) is 19.7. The number of nitrogens with zero attached hydrogens (tertiary/aromatic N) is 2. The predicted molar refractivity (Wildman–Crippen MR) is 104 cm³/mol. The maximum absolute atomic E-state index is 12.5. The van der Waals surface area contributed by atoms with Crippen LogP contribution in [0.1, 0.15) is 62.6 Å². The molecule has 1 aliphatic rings. The van der Waals surface area contributed by atoms with E-state index in [1.165, 1.54) is 0 Å². The molecule has 0 aliphatic heterocycles. The van der Waals surface area contributed by atoms with E-state index in [-0.39, 0.29) is 23.8 Å². The lowest BCUT2D eigenvalue weighted by atomic mass is 9.91. The van der Waals surface area contributed by atoms with Crippen LogP contribution in [0.3, 0.4) is 0 Å². The third-order valence-electron chi connectivity index (χ3n) is 4.61. The van der Waals surface area contributed by atoms with Crippen LogP contribution in [0.4, 0.5) is 4.79 Å². The average Bonchev–Trinajstić information content (AvgIpc) is 3.05. The minimum Gasteiger partial charge on any atom is -0.444 e. The first-order valence-corrected chi connectivity index (χ1v) is 9.44. The van der Waals surface area contributed by atoms with Crippen LogP contribution in [0.5, 0.6) is 0 Å². The molecule has 0 unspecified atom stereocenters. The molecule has 0 atom stereocenters. The van der Waals surface area contributed by atoms with Crippen LogP contribution in [0.25, 0.3) is 11.0 Å². The summed E-state index contributed by atoms with van der Waals surface area (Å²) in [5, 5.41) is 14.8. The van der Waals surface area contributed by atoms with Gasteiger partial charge in [-0.05, 0) is 64.7 Å². The van der Waals surface area contributed by atoms with Crippen molar-refractivity contribution in [2.75, 3.05) is 0 Å². The molecule has 28 heavy (non-hydrogen) atoms. The van der Waals surface area contributed by atoms with Crippen LogP contribution in [0, 0.1) is 11.3 Å². The molecule has 2 amide bonds. The van der Waals surface area contributed by atoms with Crippen molar-refractivity contribution in [1.82, 2.24) is 20.6 Å². The molecule has 1 aromatic carbocycles. The van der Waals surface area contributed by atoms with Gasteiger partial charge in [0.15, 0.2) is 5.82 Å². The molecule has 1 fully saturated rings. The van der Waals surface area contributed by atoms with Gasteiger partial charge in [-0.2, -0.15) is 5.26 Å². The molecule has 0 bridgehead atoms. The lowest BCUT2D eigenvalue weighted by Crippen LogP contribution is -2.45. The second-order valence-electron chi connectivity index (χ2n) is 8.10. The number of fused-ring (bicyclic) bond motifs is 1. The third-order valence-corrected chi connectivity index (χ3v) is 4.61. The number of amides is 2. The number of aromatic amines is 1. The van der Waals surface area contributed by atoms with Crippen LogP contribution >= 0.6 is 0 Å². The molecular formula is C20H25N5O3. The molecular weight excluding hydrogens is 358 g/mol. The predicted octanol–water partition coefficient (Wildman–Crippen LogP) is 3.00. The number of carbonyl (C=O) groups is 2. The number of aromatic nitrogens is 2.